The summed E-state index contributed by atoms with van der Waals surface area (Å²) < 4.78 is 11.4. The Labute approximate surface area is 179 Å². The first-order valence-corrected chi connectivity index (χ1v) is 9.89. The molecule has 31 heavy (non-hydrogen) atoms. The SMILES string of the molecule is Cc1ccc(NC(=O)c2oc3ccccc3c2NC(=O)COc2ccccc2C)cc1. The van der Waals surface area contributed by atoms with Crippen molar-refractivity contribution < 1.29 is 18.7 Å². The first-order chi connectivity index (χ1) is 15.0. The Morgan fingerprint density at radius 2 is 1.58 bits per heavy atom. The summed E-state index contributed by atoms with van der Waals surface area (Å²) in [7, 11) is 0. The van der Waals surface area contributed by atoms with Crippen LogP contribution in [0.5, 0.6) is 5.75 Å². The van der Waals surface area contributed by atoms with Gasteiger partial charge < -0.3 is 19.8 Å². The minimum Gasteiger partial charge on any atom is -0.483 e. The number of ether oxygens (including phenoxy) is 1. The molecule has 0 unspecified atom stereocenters. The number of carbonyl (C=O) groups excluding carboxylic acids is 2. The number of carbonyl (C=O) groups is 2. The zero-order valence-corrected chi connectivity index (χ0v) is 17.3. The summed E-state index contributed by atoms with van der Waals surface area (Å²) in [5.74, 6) is -0.174. The number of fused-ring (bicyclic) bond motifs is 1. The Morgan fingerprint density at radius 1 is 0.871 bits per heavy atom. The van der Waals surface area contributed by atoms with Gasteiger partial charge in [0.2, 0.25) is 5.76 Å². The van der Waals surface area contributed by atoms with E-state index < -0.39 is 5.91 Å². The minimum absolute atomic E-state index is 0.0333. The van der Waals surface area contributed by atoms with Gasteiger partial charge in [0.25, 0.3) is 11.8 Å². The van der Waals surface area contributed by atoms with Crippen LogP contribution >= 0.6 is 0 Å². The second-order valence-electron chi connectivity index (χ2n) is 7.22. The predicted molar refractivity (Wildman–Crippen MR) is 121 cm³/mol. The lowest BCUT2D eigenvalue weighted by Crippen LogP contribution is -2.22. The zero-order chi connectivity index (χ0) is 21.8. The average molecular weight is 414 g/mol. The van der Waals surface area contributed by atoms with Gasteiger partial charge in [-0.2, -0.15) is 0 Å². The van der Waals surface area contributed by atoms with Gasteiger partial charge in [-0.05, 0) is 49.7 Å². The first-order valence-electron chi connectivity index (χ1n) is 9.89. The Kier molecular flexibility index (Phi) is 5.71. The molecule has 0 saturated carbocycles. The van der Waals surface area contributed by atoms with Crippen LogP contribution in [0.1, 0.15) is 21.7 Å². The van der Waals surface area contributed by atoms with E-state index in [-0.39, 0.29) is 18.3 Å². The molecule has 0 atom stereocenters. The molecule has 3 aromatic carbocycles. The molecule has 1 aromatic heterocycles. The number of hydrogen-bond acceptors (Lipinski definition) is 4. The zero-order valence-electron chi connectivity index (χ0n) is 17.3. The second kappa shape index (κ2) is 8.75. The summed E-state index contributed by atoms with van der Waals surface area (Å²) in [6.45, 7) is 3.69. The highest BCUT2D eigenvalue weighted by molar-refractivity contribution is 6.14. The van der Waals surface area contributed by atoms with Crippen LogP contribution in [0.4, 0.5) is 11.4 Å². The fourth-order valence-corrected chi connectivity index (χ4v) is 3.19. The smallest absolute Gasteiger partial charge is 0.293 e. The standard InChI is InChI=1S/C25H22N2O4/c1-16-11-13-18(14-12-16)26-25(29)24-23(19-8-4-6-10-21(19)31-24)27-22(28)15-30-20-9-5-3-7-17(20)2/h3-14H,15H2,1-2H3,(H,26,29)(H,27,28). The molecule has 1 heterocycles. The van der Waals surface area contributed by atoms with Crippen molar-refractivity contribution in [2.75, 3.05) is 17.2 Å². The third kappa shape index (κ3) is 4.59. The van der Waals surface area contributed by atoms with Crippen molar-refractivity contribution in [1.82, 2.24) is 0 Å². The molecule has 4 aromatic rings. The van der Waals surface area contributed by atoms with Crippen molar-refractivity contribution in [3.05, 3.63) is 89.7 Å². The number of furan rings is 1. The first kappa shape index (κ1) is 20.2. The van der Waals surface area contributed by atoms with Crippen molar-refractivity contribution in [2.24, 2.45) is 0 Å². The Balaban J connectivity index is 1.56. The molecule has 2 amide bonds. The van der Waals surface area contributed by atoms with Gasteiger partial charge in [0.15, 0.2) is 6.61 Å². The molecule has 0 bridgehead atoms. The Bertz CT molecular complexity index is 1240. The van der Waals surface area contributed by atoms with E-state index in [1.54, 1.807) is 24.3 Å². The van der Waals surface area contributed by atoms with E-state index in [9.17, 15) is 9.59 Å². The van der Waals surface area contributed by atoms with Gasteiger partial charge in [-0.3, -0.25) is 9.59 Å². The summed E-state index contributed by atoms with van der Waals surface area (Å²) in [5.41, 5.74) is 3.48. The van der Waals surface area contributed by atoms with Crippen LogP contribution in [-0.2, 0) is 4.79 Å². The van der Waals surface area contributed by atoms with Crippen LogP contribution in [0.15, 0.2) is 77.2 Å². The molecular weight excluding hydrogens is 392 g/mol. The molecule has 0 spiro atoms. The van der Waals surface area contributed by atoms with Gasteiger partial charge in [0.05, 0.1) is 0 Å². The van der Waals surface area contributed by atoms with Crippen molar-refractivity contribution >= 4 is 34.2 Å². The van der Waals surface area contributed by atoms with Crippen LogP contribution in [0.3, 0.4) is 0 Å². The van der Waals surface area contributed by atoms with Crippen molar-refractivity contribution in [2.45, 2.75) is 13.8 Å². The van der Waals surface area contributed by atoms with Gasteiger partial charge in [0, 0.05) is 11.1 Å². The van der Waals surface area contributed by atoms with Crippen molar-refractivity contribution in [3.8, 4) is 5.75 Å². The lowest BCUT2D eigenvalue weighted by molar-refractivity contribution is -0.118. The summed E-state index contributed by atoms with van der Waals surface area (Å²) in [6.07, 6.45) is 0. The van der Waals surface area contributed by atoms with E-state index in [1.807, 2.05) is 62.4 Å². The van der Waals surface area contributed by atoms with E-state index in [0.717, 1.165) is 11.1 Å². The molecular formula is C25H22N2O4. The summed E-state index contributed by atoms with van der Waals surface area (Å²) in [4.78, 5) is 25.5. The molecule has 0 aliphatic carbocycles. The quantitative estimate of drug-likeness (QED) is 0.447. The maximum Gasteiger partial charge on any atom is 0.293 e. The van der Waals surface area contributed by atoms with E-state index in [1.165, 1.54) is 0 Å². The molecule has 0 aliphatic heterocycles. The predicted octanol–water partition coefficient (Wildman–Crippen LogP) is 5.32. The molecule has 6 nitrogen and oxygen atoms in total. The minimum atomic E-state index is -0.449. The van der Waals surface area contributed by atoms with Crippen LogP contribution in [0.2, 0.25) is 0 Å². The van der Waals surface area contributed by atoms with Gasteiger partial charge in [-0.1, -0.05) is 48.0 Å². The van der Waals surface area contributed by atoms with Gasteiger partial charge in [-0.25, -0.2) is 0 Å². The number of hydrogen-bond donors (Lipinski definition) is 2. The number of rotatable bonds is 6. The monoisotopic (exact) mass is 414 g/mol. The molecule has 0 saturated heterocycles. The molecule has 156 valence electrons. The molecule has 2 N–H and O–H groups in total. The number of aryl methyl sites for hydroxylation is 2. The van der Waals surface area contributed by atoms with Crippen molar-refractivity contribution in [3.63, 3.8) is 0 Å². The fraction of sp³-hybridized carbons (Fsp3) is 0.120. The highest BCUT2D eigenvalue weighted by atomic mass is 16.5. The number of anilines is 2. The number of benzene rings is 3. The Morgan fingerprint density at radius 3 is 2.35 bits per heavy atom. The third-order valence-electron chi connectivity index (χ3n) is 4.83. The third-order valence-corrected chi connectivity index (χ3v) is 4.83. The molecule has 4 rings (SSSR count). The van der Waals surface area contributed by atoms with Crippen LogP contribution < -0.4 is 15.4 Å². The molecule has 0 aliphatic rings. The highest BCUT2D eigenvalue weighted by Crippen LogP contribution is 2.31. The van der Waals surface area contributed by atoms with Gasteiger partial charge in [0.1, 0.15) is 17.0 Å². The lowest BCUT2D eigenvalue weighted by Gasteiger charge is -2.10. The maximum absolute atomic E-state index is 12.9. The number of nitrogens with one attached hydrogen (secondary N) is 2. The average Bonchev–Trinajstić information content (AvgIpc) is 3.13. The summed E-state index contributed by atoms with van der Waals surface area (Å²) in [5, 5.41) is 6.23. The Hall–Kier alpha value is -4.06. The molecule has 6 heteroatoms. The van der Waals surface area contributed by atoms with E-state index in [2.05, 4.69) is 10.6 Å². The second-order valence-corrected chi connectivity index (χ2v) is 7.22. The number of amides is 2. The van der Waals surface area contributed by atoms with Gasteiger partial charge >= 0.3 is 0 Å². The van der Waals surface area contributed by atoms with E-state index in [4.69, 9.17) is 9.15 Å². The maximum atomic E-state index is 12.9. The van der Waals surface area contributed by atoms with Crippen LogP contribution in [0.25, 0.3) is 11.0 Å². The van der Waals surface area contributed by atoms with Crippen LogP contribution in [0, 0.1) is 13.8 Å². The largest absolute Gasteiger partial charge is 0.483 e. The molecule has 0 radical (unpaired) electrons. The van der Waals surface area contributed by atoms with Gasteiger partial charge in [-0.15, -0.1) is 0 Å². The van der Waals surface area contributed by atoms with E-state index in [0.29, 0.717) is 28.1 Å². The summed E-state index contributed by atoms with van der Waals surface area (Å²) in [6, 6.07) is 22.0. The summed E-state index contributed by atoms with van der Waals surface area (Å²) >= 11 is 0. The molecule has 0 fully saturated rings. The van der Waals surface area contributed by atoms with Crippen molar-refractivity contribution in [1.29, 1.82) is 0 Å². The topological polar surface area (TPSA) is 80.6 Å². The normalized spacial score (nSPS) is 10.6. The lowest BCUT2D eigenvalue weighted by atomic mass is 10.2. The fourth-order valence-electron chi connectivity index (χ4n) is 3.19. The van der Waals surface area contributed by atoms with Crippen LogP contribution in [-0.4, -0.2) is 18.4 Å². The highest BCUT2D eigenvalue weighted by Gasteiger charge is 2.22. The van der Waals surface area contributed by atoms with E-state index >= 15 is 0 Å². The number of para-hydroxylation sites is 2.